The van der Waals surface area contributed by atoms with Gasteiger partial charge in [-0.05, 0) is 30.9 Å². The van der Waals surface area contributed by atoms with E-state index in [9.17, 15) is 4.79 Å². The molecule has 1 aromatic rings. The summed E-state index contributed by atoms with van der Waals surface area (Å²) < 4.78 is 2.18. The molecule has 0 bridgehead atoms. The van der Waals surface area contributed by atoms with Gasteiger partial charge in [0.15, 0.2) is 0 Å². The van der Waals surface area contributed by atoms with E-state index >= 15 is 0 Å². The van der Waals surface area contributed by atoms with Gasteiger partial charge in [0.05, 0.1) is 17.9 Å². The van der Waals surface area contributed by atoms with Crippen molar-refractivity contribution < 1.29 is 4.79 Å². The fourth-order valence-corrected chi connectivity index (χ4v) is 3.18. The molecule has 0 aromatic carbocycles. The predicted molar refractivity (Wildman–Crippen MR) is 91.8 cm³/mol. The van der Waals surface area contributed by atoms with E-state index in [2.05, 4.69) is 28.7 Å². The number of carbonyl (C=O) groups is 1. The number of allylic oxidation sites excluding steroid dienone is 7. The van der Waals surface area contributed by atoms with Gasteiger partial charge in [-0.3, -0.25) is 4.79 Å². The molecule has 1 aliphatic heterocycles. The van der Waals surface area contributed by atoms with E-state index in [-0.39, 0.29) is 17.7 Å². The van der Waals surface area contributed by atoms with Crippen molar-refractivity contribution in [2.24, 2.45) is 5.92 Å². The molecule has 2 aliphatic rings. The number of aromatic nitrogens is 2. The van der Waals surface area contributed by atoms with Gasteiger partial charge >= 0.3 is 0 Å². The molecule has 0 unspecified atom stereocenters. The lowest BCUT2D eigenvalue weighted by molar-refractivity contribution is -0.122. The minimum absolute atomic E-state index is 0.0160. The molecule has 4 nitrogen and oxygen atoms in total. The van der Waals surface area contributed by atoms with Gasteiger partial charge in [0, 0.05) is 17.9 Å². The number of carbonyl (C=O) groups excluding carboxylic acids is 1. The van der Waals surface area contributed by atoms with Crippen LogP contribution in [0.25, 0.3) is 0 Å². The zero-order valence-electron chi connectivity index (χ0n) is 13.7. The lowest BCUT2D eigenvalue weighted by Crippen LogP contribution is -2.32. The Kier molecular flexibility index (Phi) is 4.60. The fourth-order valence-electron chi connectivity index (χ4n) is 3.18. The van der Waals surface area contributed by atoms with Gasteiger partial charge in [-0.25, -0.2) is 4.98 Å². The summed E-state index contributed by atoms with van der Waals surface area (Å²) in [7, 11) is 0. The number of rotatable bonds is 4. The van der Waals surface area contributed by atoms with Crippen LogP contribution in [0, 0.1) is 5.92 Å². The Hall–Kier alpha value is -2.36. The highest BCUT2D eigenvalue weighted by Crippen LogP contribution is 2.30. The van der Waals surface area contributed by atoms with Crippen LogP contribution in [0.3, 0.4) is 0 Å². The first-order chi connectivity index (χ1) is 11.2. The predicted octanol–water partition coefficient (Wildman–Crippen LogP) is 3.25. The lowest BCUT2D eigenvalue weighted by Gasteiger charge is -2.20. The molecule has 0 fully saturated rings. The van der Waals surface area contributed by atoms with Crippen molar-refractivity contribution in [3.8, 4) is 0 Å². The van der Waals surface area contributed by atoms with Crippen LogP contribution in [0.15, 0.2) is 54.6 Å². The standard InChI is InChI=1S/C19H23N3O/c1-14(2)17(18-16-11-8-12-22(16)13-20-18)19(23)21-15-9-6-4-3-5-7-10-15/h3-7,9-10,13-14,17H,8,11-12H2,1-2H3,(H,21,23)/b4-3-,5-3?,6-4?,7-5-,9-6?,10-7?,15-9?,15-10?/t17-/m0/s1. The van der Waals surface area contributed by atoms with Crippen LogP contribution >= 0.6 is 0 Å². The van der Waals surface area contributed by atoms with Gasteiger partial charge in [0.25, 0.3) is 0 Å². The molecular formula is C19H23N3O. The summed E-state index contributed by atoms with van der Waals surface area (Å²) in [6, 6.07) is 0. The average molecular weight is 309 g/mol. The summed E-state index contributed by atoms with van der Waals surface area (Å²) in [6.07, 6.45) is 17.5. The number of aryl methyl sites for hydroxylation is 1. The molecule has 4 heteroatoms. The summed E-state index contributed by atoms with van der Waals surface area (Å²) in [5.41, 5.74) is 2.97. The average Bonchev–Trinajstić information content (AvgIpc) is 3.06. The zero-order chi connectivity index (χ0) is 16.2. The maximum Gasteiger partial charge on any atom is 0.233 e. The number of nitrogens with zero attached hydrogens (tertiary/aromatic N) is 2. The normalized spacial score (nSPS) is 20.4. The van der Waals surface area contributed by atoms with E-state index in [0.717, 1.165) is 30.8 Å². The highest BCUT2D eigenvalue weighted by Gasteiger charge is 2.31. The molecule has 1 N–H and O–H groups in total. The Morgan fingerprint density at radius 3 is 2.83 bits per heavy atom. The van der Waals surface area contributed by atoms with Crippen LogP contribution in [-0.2, 0) is 17.8 Å². The molecule has 1 aliphatic carbocycles. The second-order valence-electron chi connectivity index (χ2n) is 6.34. The zero-order valence-corrected chi connectivity index (χ0v) is 13.7. The molecule has 1 atom stereocenters. The molecule has 2 heterocycles. The topological polar surface area (TPSA) is 46.9 Å². The van der Waals surface area contributed by atoms with Crippen molar-refractivity contribution >= 4 is 5.91 Å². The Morgan fingerprint density at radius 2 is 2.00 bits per heavy atom. The van der Waals surface area contributed by atoms with E-state index in [1.54, 1.807) is 0 Å². The Balaban J connectivity index is 1.82. The smallest absolute Gasteiger partial charge is 0.233 e. The number of imidazole rings is 1. The first-order valence-corrected chi connectivity index (χ1v) is 8.23. The van der Waals surface area contributed by atoms with Crippen LogP contribution in [0.4, 0.5) is 0 Å². The van der Waals surface area contributed by atoms with E-state index in [0.29, 0.717) is 0 Å². The summed E-state index contributed by atoms with van der Waals surface area (Å²) in [4.78, 5) is 17.4. The third kappa shape index (κ3) is 3.36. The summed E-state index contributed by atoms with van der Waals surface area (Å²) in [6.45, 7) is 5.17. The SMILES string of the molecule is CC(C)[C@H](C(=O)NC1=C/C=C\C=C/C=C1)c1ncn2c1CCC2. The Morgan fingerprint density at radius 1 is 1.22 bits per heavy atom. The molecule has 23 heavy (non-hydrogen) atoms. The van der Waals surface area contributed by atoms with Gasteiger partial charge in [-0.15, -0.1) is 0 Å². The van der Waals surface area contributed by atoms with Crippen LogP contribution in [0.1, 0.15) is 37.6 Å². The molecule has 3 rings (SSSR count). The Bertz CT molecular complexity index is 704. The second-order valence-corrected chi connectivity index (χ2v) is 6.34. The van der Waals surface area contributed by atoms with Crippen molar-refractivity contribution in [1.29, 1.82) is 0 Å². The molecular weight excluding hydrogens is 286 g/mol. The van der Waals surface area contributed by atoms with Gasteiger partial charge in [0.2, 0.25) is 5.91 Å². The first kappa shape index (κ1) is 15.5. The van der Waals surface area contributed by atoms with E-state index in [4.69, 9.17) is 0 Å². The number of hydrogen-bond donors (Lipinski definition) is 1. The van der Waals surface area contributed by atoms with Gasteiger partial charge in [-0.2, -0.15) is 0 Å². The van der Waals surface area contributed by atoms with E-state index in [1.807, 2.05) is 48.9 Å². The molecule has 0 radical (unpaired) electrons. The maximum atomic E-state index is 12.9. The van der Waals surface area contributed by atoms with Gasteiger partial charge in [0.1, 0.15) is 0 Å². The highest BCUT2D eigenvalue weighted by molar-refractivity contribution is 5.85. The molecule has 1 amide bonds. The number of amides is 1. The minimum atomic E-state index is -0.219. The molecule has 0 saturated carbocycles. The quantitative estimate of drug-likeness (QED) is 0.928. The lowest BCUT2D eigenvalue weighted by atomic mass is 9.89. The van der Waals surface area contributed by atoms with Crippen LogP contribution < -0.4 is 5.32 Å². The molecule has 0 spiro atoms. The summed E-state index contributed by atoms with van der Waals surface area (Å²) in [5, 5.41) is 3.05. The van der Waals surface area contributed by atoms with Gasteiger partial charge < -0.3 is 9.88 Å². The Labute approximate surface area is 137 Å². The largest absolute Gasteiger partial charge is 0.334 e. The van der Waals surface area contributed by atoms with Crippen molar-refractivity contribution in [3.63, 3.8) is 0 Å². The fraction of sp³-hybridized carbons (Fsp3) is 0.368. The highest BCUT2D eigenvalue weighted by atomic mass is 16.1. The van der Waals surface area contributed by atoms with Crippen LogP contribution in [0.5, 0.6) is 0 Å². The van der Waals surface area contributed by atoms with E-state index < -0.39 is 0 Å². The molecule has 1 aromatic heterocycles. The molecule has 0 saturated heterocycles. The van der Waals surface area contributed by atoms with Gasteiger partial charge in [-0.1, -0.05) is 44.2 Å². The number of nitrogens with one attached hydrogen (secondary N) is 1. The monoisotopic (exact) mass is 309 g/mol. The van der Waals surface area contributed by atoms with Crippen LogP contribution in [0.2, 0.25) is 0 Å². The minimum Gasteiger partial charge on any atom is -0.334 e. The number of hydrogen-bond acceptors (Lipinski definition) is 2. The summed E-state index contributed by atoms with van der Waals surface area (Å²) >= 11 is 0. The summed E-state index contributed by atoms with van der Waals surface area (Å²) in [5.74, 6) is -0.00496. The van der Waals surface area contributed by atoms with Crippen molar-refractivity contribution in [2.75, 3.05) is 0 Å². The second kappa shape index (κ2) is 6.82. The van der Waals surface area contributed by atoms with Crippen molar-refractivity contribution in [1.82, 2.24) is 14.9 Å². The number of fused-ring (bicyclic) bond motifs is 1. The molecule has 120 valence electrons. The van der Waals surface area contributed by atoms with E-state index in [1.165, 1.54) is 5.69 Å². The van der Waals surface area contributed by atoms with Crippen molar-refractivity contribution in [3.05, 3.63) is 65.9 Å². The van der Waals surface area contributed by atoms with Crippen molar-refractivity contribution in [2.45, 2.75) is 39.2 Å². The maximum absolute atomic E-state index is 12.9. The van der Waals surface area contributed by atoms with Crippen LogP contribution in [-0.4, -0.2) is 15.5 Å². The first-order valence-electron chi connectivity index (χ1n) is 8.23. The third-order valence-electron chi connectivity index (χ3n) is 4.30. The third-order valence-corrected chi connectivity index (χ3v) is 4.30.